The summed E-state index contributed by atoms with van der Waals surface area (Å²) in [7, 11) is 0. The van der Waals surface area contributed by atoms with Crippen LogP contribution in [-0.4, -0.2) is 4.98 Å². The zero-order chi connectivity index (χ0) is 9.97. The third-order valence-electron chi connectivity index (χ3n) is 1.79. The molecule has 0 aliphatic rings. The maximum Gasteiger partial charge on any atom is 0.257 e. The fourth-order valence-electron chi connectivity index (χ4n) is 1.10. The number of aromatic nitrogens is 1. The molecule has 0 atom stereocenters. The summed E-state index contributed by atoms with van der Waals surface area (Å²) in [6.45, 7) is 0. The molecule has 2 aromatic rings. The molecule has 0 bridgehead atoms. The maximum atomic E-state index is 8.62. The molecule has 0 N–H and O–H groups in total. The van der Waals surface area contributed by atoms with Crippen molar-refractivity contribution in [1.29, 1.82) is 5.26 Å². The summed E-state index contributed by atoms with van der Waals surface area (Å²) >= 11 is 2.01. The molecule has 0 aliphatic carbocycles. The Morgan fingerprint density at radius 2 is 2.00 bits per heavy atom. The molecule has 0 radical (unpaired) electrons. The largest absolute Gasteiger partial charge is 0.440 e. The average Bonchev–Trinajstić information content (AvgIpc) is 2.65. The molecule has 0 saturated heterocycles. The Balaban J connectivity index is 2.39. The molecule has 0 aliphatic heterocycles. The summed E-state index contributed by atoms with van der Waals surface area (Å²) in [5, 5.41) is 8.62. The van der Waals surface area contributed by atoms with Crippen molar-refractivity contribution in [3.63, 3.8) is 0 Å². The van der Waals surface area contributed by atoms with E-state index >= 15 is 0 Å². The number of hydrogen-bond donors (Lipinski definition) is 0. The molecular weight excluding hydrogens is 291 g/mol. The van der Waals surface area contributed by atoms with Crippen LogP contribution >= 0.6 is 22.6 Å². The van der Waals surface area contributed by atoms with Crippen molar-refractivity contribution < 1.29 is 4.42 Å². The average molecular weight is 296 g/mol. The third-order valence-corrected chi connectivity index (χ3v) is 2.28. The Morgan fingerprint density at radius 1 is 1.29 bits per heavy atom. The van der Waals surface area contributed by atoms with Crippen LogP contribution in [0.25, 0.3) is 11.3 Å². The number of hydrogen-bond acceptors (Lipinski definition) is 3. The van der Waals surface area contributed by atoms with Crippen LogP contribution in [0.4, 0.5) is 0 Å². The van der Waals surface area contributed by atoms with E-state index < -0.39 is 0 Å². The summed E-state index contributed by atoms with van der Waals surface area (Å²) in [5.74, 6) is 0. The van der Waals surface area contributed by atoms with Crippen LogP contribution in [-0.2, 0) is 0 Å². The molecule has 68 valence electrons. The predicted octanol–water partition coefficient (Wildman–Crippen LogP) is 2.82. The molecule has 3 nitrogen and oxygen atoms in total. The lowest BCUT2D eigenvalue weighted by Gasteiger charge is -1.93. The lowest BCUT2D eigenvalue weighted by molar-refractivity contribution is 0.525. The Morgan fingerprint density at radius 3 is 2.50 bits per heavy atom. The monoisotopic (exact) mass is 296 g/mol. The van der Waals surface area contributed by atoms with Crippen molar-refractivity contribution in [2.75, 3.05) is 0 Å². The lowest BCUT2D eigenvalue weighted by Crippen LogP contribution is -1.78. The molecule has 1 aromatic heterocycles. The van der Waals surface area contributed by atoms with Gasteiger partial charge in [0.1, 0.15) is 12.0 Å². The van der Waals surface area contributed by atoms with Crippen LogP contribution in [0.3, 0.4) is 0 Å². The van der Waals surface area contributed by atoms with Gasteiger partial charge in [0.2, 0.25) is 0 Å². The first-order chi connectivity index (χ1) is 6.79. The van der Waals surface area contributed by atoms with Gasteiger partial charge in [-0.25, -0.2) is 4.98 Å². The molecule has 1 heterocycles. The summed E-state index contributed by atoms with van der Waals surface area (Å²) in [6, 6.07) is 9.29. The van der Waals surface area contributed by atoms with Gasteiger partial charge in [-0.2, -0.15) is 5.26 Å². The Labute approximate surface area is 94.5 Å². The maximum absolute atomic E-state index is 8.62. The summed E-state index contributed by atoms with van der Waals surface area (Å²) < 4.78 is 5.70. The van der Waals surface area contributed by atoms with Crippen molar-refractivity contribution in [1.82, 2.24) is 4.98 Å². The first kappa shape index (κ1) is 9.21. The van der Waals surface area contributed by atoms with E-state index in [0.29, 0.717) is 9.46 Å². The van der Waals surface area contributed by atoms with Crippen LogP contribution in [0.1, 0.15) is 5.56 Å². The zero-order valence-electron chi connectivity index (χ0n) is 7.07. The Bertz CT molecular complexity index is 482. The third kappa shape index (κ3) is 1.77. The molecular formula is C10H5IN2O. The molecule has 0 fully saturated rings. The van der Waals surface area contributed by atoms with Gasteiger partial charge in [-0.15, -0.1) is 0 Å². The van der Waals surface area contributed by atoms with Crippen LogP contribution in [0.2, 0.25) is 0 Å². The molecule has 0 saturated carbocycles. The minimum Gasteiger partial charge on any atom is -0.440 e. The van der Waals surface area contributed by atoms with Crippen molar-refractivity contribution in [3.05, 3.63) is 40.0 Å². The van der Waals surface area contributed by atoms with Crippen molar-refractivity contribution >= 4 is 22.6 Å². The normalized spacial score (nSPS) is 9.71. The molecule has 2 rings (SSSR count). The first-order valence-corrected chi connectivity index (χ1v) is 4.99. The first-order valence-electron chi connectivity index (χ1n) is 3.91. The van der Waals surface area contributed by atoms with E-state index in [1.54, 1.807) is 18.4 Å². The standard InChI is InChI=1S/C10H5IN2O/c11-10-13-9(6-14-10)8-3-1-7(5-12)2-4-8/h1-4,6H. The molecule has 0 spiro atoms. The second kappa shape index (κ2) is 3.80. The van der Waals surface area contributed by atoms with E-state index in [4.69, 9.17) is 9.68 Å². The summed E-state index contributed by atoms with van der Waals surface area (Å²) in [4.78, 5) is 4.17. The number of nitriles is 1. The Hall–Kier alpha value is -1.35. The molecule has 0 unspecified atom stereocenters. The Kier molecular flexibility index (Phi) is 2.50. The fraction of sp³-hybridized carbons (Fsp3) is 0. The second-order valence-corrected chi connectivity index (χ2v) is 3.60. The minimum atomic E-state index is 0.613. The summed E-state index contributed by atoms with van der Waals surface area (Å²) in [6.07, 6.45) is 1.60. The molecule has 4 heteroatoms. The fourth-order valence-corrected chi connectivity index (χ4v) is 1.49. The number of oxazole rings is 1. The number of halogens is 1. The summed E-state index contributed by atoms with van der Waals surface area (Å²) in [5.41, 5.74) is 2.39. The predicted molar refractivity (Wildman–Crippen MR) is 59.4 cm³/mol. The van der Waals surface area contributed by atoms with Gasteiger partial charge in [0.25, 0.3) is 3.90 Å². The van der Waals surface area contributed by atoms with Crippen molar-refractivity contribution in [2.45, 2.75) is 0 Å². The van der Waals surface area contributed by atoms with Crippen LogP contribution < -0.4 is 0 Å². The highest BCUT2D eigenvalue weighted by Gasteiger charge is 2.03. The van der Waals surface area contributed by atoms with E-state index in [0.717, 1.165) is 11.3 Å². The minimum absolute atomic E-state index is 0.613. The van der Waals surface area contributed by atoms with Gasteiger partial charge >= 0.3 is 0 Å². The van der Waals surface area contributed by atoms with Gasteiger partial charge in [-0.1, -0.05) is 12.1 Å². The molecule has 14 heavy (non-hydrogen) atoms. The lowest BCUT2D eigenvalue weighted by atomic mass is 10.1. The van der Waals surface area contributed by atoms with Crippen LogP contribution in [0.5, 0.6) is 0 Å². The SMILES string of the molecule is N#Cc1ccc(-c2coc(I)n2)cc1. The van der Waals surface area contributed by atoms with Gasteiger partial charge in [0.15, 0.2) is 0 Å². The van der Waals surface area contributed by atoms with E-state index in [1.165, 1.54) is 0 Å². The van der Waals surface area contributed by atoms with Crippen molar-refractivity contribution in [2.24, 2.45) is 0 Å². The van der Waals surface area contributed by atoms with Gasteiger partial charge in [0.05, 0.1) is 11.6 Å². The zero-order valence-corrected chi connectivity index (χ0v) is 9.22. The van der Waals surface area contributed by atoms with E-state index in [9.17, 15) is 0 Å². The van der Waals surface area contributed by atoms with Crippen LogP contribution in [0, 0.1) is 15.2 Å². The van der Waals surface area contributed by atoms with E-state index in [1.807, 2.05) is 34.7 Å². The number of nitrogens with zero attached hydrogens (tertiary/aromatic N) is 2. The van der Waals surface area contributed by atoms with Crippen LogP contribution in [0.15, 0.2) is 34.9 Å². The number of benzene rings is 1. The van der Waals surface area contributed by atoms with Gasteiger partial charge < -0.3 is 4.42 Å². The van der Waals surface area contributed by atoms with Crippen molar-refractivity contribution in [3.8, 4) is 17.3 Å². The molecule has 1 aromatic carbocycles. The second-order valence-electron chi connectivity index (χ2n) is 2.67. The van der Waals surface area contributed by atoms with E-state index in [2.05, 4.69) is 11.1 Å². The van der Waals surface area contributed by atoms with Gasteiger partial charge in [-0.3, -0.25) is 0 Å². The molecule has 0 amide bonds. The highest BCUT2D eigenvalue weighted by atomic mass is 127. The quantitative estimate of drug-likeness (QED) is 0.760. The topological polar surface area (TPSA) is 49.8 Å². The smallest absolute Gasteiger partial charge is 0.257 e. The van der Waals surface area contributed by atoms with E-state index in [-0.39, 0.29) is 0 Å². The highest BCUT2D eigenvalue weighted by molar-refractivity contribution is 14.1. The van der Waals surface area contributed by atoms with Gasteiger partial charge in [0, 0.05) is 28.2 Å². The number of rotatable bonds is 1. The van der Waals surface area contributed by atoms with Gasteiger partial charge in [-0.05, 0) is 12.1 Å². The highest BCUT2D eigenvalue weighted by Crippen LogP contribution is 2.19.